The van der Waals surface area contributed by atoms with Crippen LogP contribution in [0.25, 0.3) is 22.2 Å². The van der Waals surface area contributed by atoms with Gasteiger partial charge >= 0.3 is 0 Å². The molecule has 0 aliphatic carbocycles. The van der Waals surface area contributed by atoms with E-state index in [-0.39, 0.29) is 0 Å². The smallest absolute Gasteiger partial charge is 0.121 e. The molecular weight excluding hydrogens is 248 g/mol. The van der Waals surface area contributed by atoms with E-state index in [1.807, 2.05) is 32.3 Å². The van der Waals surface area contributed by atoms with E-state index in [1.165, 1.54) is 0 Å². The maximum Gasteiger partial charge on any atom is 0.121 e. The number of nitrogen functional groups attached to an aromatic ring is 1. The molecule has 5 heteroatoms. The fraction of sp³-hybridized carbons (Fsp3) is 0.154. The molecule has 0 spiro atoms. The van der Waals surface area contributed by atoms with Gasteiger partial charge in [0.25, 0.3) is 0 Å². The number of hydrogen-bond donors (Lipinski definition) is 2. The number of hydrogen-bond acceptors (Lipinski definition) is 2. The maximum atomic E-state index is 6.27. The molecule has 0 saturated heterocycles. The van der Waals surface area contributed by atoms with Gasteiger partial charge in [0.05, 0.1) is 16.2 Å². The number of nitrogens with one attached hydrogen (secondary N) is 1. The van der Waals surface area contributed by atoms with Crippen LogP contribution in [0.1, 0.15) is 5.56 Å². The number of rotatable bonds is 1. The molecule has 0 fully saturated rings. The lowest BCUT2D eigenvalue weighted by molar-refractivity contribution is 0.782. The molecule has 0 unspecified atom stereocenters. The Morgan fingerprint density at radius 3 is 2.78 bits per heavy atom. The Bertz CT molecular complexity index is 719. The van der Waals surface area contributed by atoms with Crippen molar-refractivity contribution in [3.63, 3.8) is 0 Å². The number of benzene rings is 1. The lowest BCUT2D eigenvalue weighted by Gasteiger charge is -2.01. The van der Waals surface area contributed by atoms with Crippen molar-refractivity contribution in [1.29, 1.82) is 0 Å². The van der Waals surface area contributed by atoms with Crippen LogP contribution in [0.4, 0.5) is 5.82 Å². The van der Waals surface area contributed by atoms with Crippen molar-refractivity contribution in [1.82, 2.24) is 14.8 Å². The van der Waals surface area contributed by atoms with Crippen molar-refractivity contribution >= 4 is 28.3 Å². The Morgan fingerprint density at radius 2 is 2.11 bits per heavy atom. The van der Waals surface area contributed by atoms with Crippen molar-refractivity contribution < 1.29 is 0 Å². The standard InChI is InChI=1S/C13H13ClN4/c1-7-6-16-13-9(7)3-8(4-10(13)14)11-5-12(15)18(2)17-11/h3-6,16H,15H2,1-2H3. The first-order valence-electron chi connectivity index (χ1n) is 5.63. The topological polar surface area (TPSA) is 59.6 Å². The van der Waals surface area contributed by atoms with Crippen molar-refractivity contribution in [3.8, 4) is 11.3 Å². The maximum absolute atomic E-state index is 6.27. The monoisotopic (exact) mass is 260 g/mol. The molecule has 3 rings (SSSR count). The Labute approximate surface area is 109 Å². The first-order chi connectivity index (χ1) is 8.56. The van der Waals surface area contributed by atoms with Gasteiger partial charge in [-0.25, -0.2) is 0 Å². The van der Waals surface area contributed by atoms with Crippen LogP contribution in [0.2, 0.25) is 5.02 Å². The average molecular weight is 261 g/mol. The molecule has 2 heterocycles. The molecule has 0 aliphatic rings. The molecular formula is C13H13ClN4. The number of aromatic amines is 1. The first kappa shape index (κ1) is 11.2. The normalized spacial score (nSPS) is 11.3. The summed E-state index contributed by atoms with van der Waals surface area (Å²) in [7, 11) is 1.82. The van der Waals surface area contributed by atoms with Crippen LogP contribution >= 0.6 is 11.6 Å². The fourth-order valence-corrected chi connectivity index (χ4v) is 2.37. The number of aryl methyl sites for hydroxylation is 2. The van der Waals surface area contributed by atoms with Gasteiger partial charge in [-0.05, 0) is 24.6 Å². The number of H-pyrrole nitrogens is 1. The molecule has 0 bridgehead atoms. The summed E-state index contributed by atoms with van der Waals surface area (Å²) in [4.78, 5) is 3.17. The van der Waals surface area contributed by atoms with Crippen LogP contribution in [0.5, 0.6) is 0 Å². The number of nitrogens with two attached hydrogens (primary N) is 1. The number of aromatic nitrogens is 3. The van der Waals surface area contributed by atoms with Gasteiger partial charge in [-0.2, -0.15) is 5.10 Å². The summed E-state index contributed by atoms with van der Waals surface area (Å²) in [5, 5.41) is 6.17. The Kier molecular flexibility index (Phi) is 2.35. The highest BCUT2D eigenvalue weighted by atomic mass is 35.5. The molecule has 18 heavy (non-hydrogen) atoms. The number of halogens is 1. The Morgan fingerprint density at radius 1 is 1.33 bits per heavy atom. The van der Waals surface area contributed by atoms with E-state index in [9.17, 15) is 0 Å². The summed E-state index contributed by atoms with van der Waals surface area (Å²) < 4.78 is 1.65. The van der Waals surface area contributed by atoms with Crippen LogP contribution in [-0.2, 0) is 7.05 Å². The van der Waals surface area contributed by atoms with Crippen molar-refractivity contribution in [3.05, 3.63) is 35.0 Å². The van der Waals surface area contributed by atoms with Crippen LogP contribution in [0, 0.1) is 6.92 Å². The second-order valence-electron chi connectivity index (χ2n) is 4.43. The largest absolute Gasteiger partial charge is 0.384 e. The van der Waals surface area contributed by atoms with Gasteiger partial charge in [-0.3, -0.25) is 4.68 Å². The predicted molar refractivity (Wildman–Crippen MR) is 74.7 cm³/mol. The second-order valence-corrected chi connectivity index (χ2v) is 4.84. The third kappa shape index (κ3) is 1.57. The number of nitrogens with zero attached hydrogens (tertiary/aromatic N) is 2. The summed E-state index contributed by atoms with van der Waals surface area (Å²) in [6, 6.07) is 5.83. The van der Waals surface area contributed by atoms with Crippen molar-refractivity contribution in [2.24, 2.45) is 7.05 Å². The summed E-state index contributed by atoms with van der Waals surface area (Å²) in [6.07, 6.45) is 1.95. The molecule has 0 aliphatic heterocycles. The zero-order valence-corrected chi connectivity index (χ0v) is 10.9. The van der Waals surface area contributed by atoms with Gasteiger partial charge in [0, 0.05) is 30.3 Å². The lowest BCUT2D eigenvalue weighted by atomic mass is 10.1. The molecule has 1 aromatic carbocycles. The minimum Gasteiger partial charge on any atom is -0.384 e. The summed E-state index contributed by atoms with van der Waals surface area (Å²) in [6.45, 7) is 2.05. The molecule has 0 saturated carbocycles. The van der Waals surface area contributed by atoms with Crippen molar-refractivity contribution in [2.75, 3.05) is 5.73 Å². The molecule has 0 radical (unpaired) electrons. The van der Waals surface area contributed by atoms with Gasteiger partial charge in [0.2, 0.25) is 0 Å². The van der Waals surface area contributed by atoms with Gasteiger partial charge in [0.15, 0.2) is 0 Å². The molecule has 3 N–H and O–H groups in total. The van der Waals surface area contributed by atoms with E-state index in [0.29, 0.717) is 10.8 Å². The zero-order chi connectivity index (χ0) is 12.9. The molecule has 2 aromatic heterocycles. The van der Waals surface area contributed by atoms with Gasteiger partial charge < -0.3 is 10.7 Å². The van der Waals surface area contributed by atoms with Crippen LogP contribution in [-0.4, -0.2) is 14.8 Å². The van der Waals surface area contributed by atoms with E-state index in [4.69, 9.17) is 17.3 Å². The second kappa shape index (κ2) is 3.78. The van der Waals surface area contributed by atoms with E-state index < -0.39 is 0 Å². The summed E-state index contributed by atoms with van der Waals surface area (Å²) in [5.41, 5.74) is 9.73. The molecule has 0 atom stereocenters. The predicted octanol–water partition coefficient (Wildman–Crippen LogP) is 3.11. The fourth-order valence-electron chi connectivity index (χ4n) is 2.09. The van der Waals surface area contributed by atoms with E-state index in [1.54, 1.807) is 4.68 Å². The van der Waals surface area contributed by atoms with Crippen LogP contribution < -0.4 is 5.73 Å². The third-order valence-electron chi connectivity index (χ3n) is 3.16. The Hall–Kier alpha value is -1.94. The highest BCUT2D eigenvalue weighted by Crippen LogP contribution is 2.31. The zero-order valence-electron chi connectivity index (χ0n) is 10.2. The highest BCUT2D eigenvalue weighted by Gasteiger charge is 2.10. The Balaban J connectivity index is 2.26. The van der Waals surface area contributed by atoms with Gasteiger partial charge in [0.1, 0.15) is 5.82 Å². The van der Waals surface area contributed by atoms with E-state index >= 15 is 0 Å². The first-order valence-corrected chi connectivity index (χ1v) is 6.01. The SMILES string of the molecule is Cc1c[nH]c2c(Cl)cc(-c3cc(N)n(C)n3)cc12. The lowest BCUT2D eigenvalue weighted by Crippen LogP contribution is -1.96. The minimum absolute atomic E-state index is 0.631. The molecule has 4 nitrogen and oxygen atoms in total. The van der Waals surface area contributed by atoms with Crippen LogP contribution in [0.3, 0.4) is 0 Å². The van der Waals surface area contributed by atoms with E-state index in [2.05, 4.69) is 16.1 Å². The minimum atomic E-state index is 0.631. The number of fused-ring (bicyclic) bond motifs is 1. The van der Waals surface area contributed by atoms with Crippen molar-refractivity contribution in [2.45, 2.75) is 6.92 Å². The van der Waals surface area contributed by atoms with Gasteiger partial charge in [-0.15, -0.1) is 0 Å². The summed E-state index contributed by atoms with van der Waals surface area (Å²) >= 11 is 6.27. The average Bonchev–Trinajstić information content (AvgIpc) is 2.85. The molecule has 3 aromatic rings. The molecule has 0 amide bonds. The quantitative estimate of drug-likeness (QED) is 0.706. The van der Waals surface area contributed by atoms with Crippen LogP contribution in [0.15, 0.2) is 24.4 Å². The third-order valence-corrected chi connectivity index (χ3v) is 3.46. The van der Waals surface area contributed by atoms with Gasteiger partial charge in [-0.1, -0.05) is 11.6 Å². The highest BCUT2D eigenvalue weighted by molar-refractivity contribution is 6.35. The summed E-state index contributed by atoms with van der Waals surface area (Å²) in [5.74, 6) is 0.631. The molecule has 92 valence electrons. The van der Waals surface area contributed by atoms with E-state index in [0.717, 1.165) is 27.7 Å². The number of anilines is 1.